The first-order valence-electron chi connectivity index (χ1n) is 3.07. The molecule has 0 aliphatic rings. The molecule has 0 heterocycles. The molecule has 11 heavy (non-hydrogen) atoms. The van der Waals surface area contributed by atoms with Crippen LogP contribution in [0, 0.1) is 0 Å². The average molecular weight is 194 g/mol. The zero-order valence-corrected chi connectivity index (χ0v) is 11.0. The van der Waals surface area contributed by atoms with Crippen LogP contribution in [0.4, 0.5) is 0 Å². The van der Waals surface area contributed by atoms with Crippen molar-refractivity contribution in [3.8, 4) is 0 Å². The summed E-state index contributed by atoms with van der Waals surface area (Å²) in [5.74, 6) is 0. The van der Waals surface area contributed by atoms with Gasteiger partial charge in [-0.3, -0.25) is 0 Å². The Kier molecular flexibility index (Phi) is 168. The monoisotopic (exact) mass is 194 g/mol. The third-order valence-corrected chi connectivity index (χ3v) is 0. The second-order valence-corrected chi connectivity index (χ2v) is 0.949. The number of aliphatic hydroxyl groups is 3. The maximum absolute atomic E-state index is 7.57. The van der Waals surface area contributed by atoms with E-state index < -0.39 is 0 Å². The molecule has 0 aliphatic heterocycles. The van der Waals surface area contributed by atoms with Crippen LogP contribution in [0.15, 0.2) is 0 Å². The topological polar surface area (TPSA) is 90.7 Å². The van der Waals surface area contributed by atoms with Crippen molar-refractivity contribution in [3.63, 3.8) is 0 Å². The van der Waals surface area contributed by atoms with Gasteiger partial charge in [0, 0.05) is 19.8 Å². The van der Waals surface area contributed by atoms with E-state index in [1.807, 2.05) is 0 Å². The van der Waals surface area contributed by atoms with E-state index in [0.29, 0.717) is 0 Å². The van der Waals surface area contributed by atoms with E-state index in [9.17, 15) is 0 Å². The van der Waals surface area contributed by atoms with Crippen LogP contribution in [0.25, 0.3) is 0 Å². The molecule has 0 saturated carbocycles. The van der Waals surface area contributed by atoms with Crippen LogP contribution >= 0.6 is 0 Å². The average Bonchev–Trinajstić information content (AvgIpc) is 1.70. The molecule has 0 amide bonds. The Morgan fingerprint density at radius 1 is 0.727 bits per heavy atom. The van der Waals surface area contributed by atoms with Crippen molar-refractivity contribution >= 4 is 0 Å². The van der Waals surface area contributed by atoms with Crippen LogP contribution in [0.5, 0.6) is 0 Å². The molecule has 0 fully saturated rings. The summed E-state index contributed by atoms with van der Waals surface area (Å²) >= 11 is 0. The molecule has 68 valence electrons. The molecule has 4 nitrogen and oxygen atoms in total. The fourth-order valence-electron chi connectivity index (χ4n) is 0. The van der Waals surface area contributed by atoms with E-state index in [-0.39, 0.29) is 76.7 Å². The SMILES string of the molecule is CCO.CCO.CCO.[K+].[OH-]. The third-order valence-electron chi connectivity index (χ3n) is 0. The van der Waals surface area contributed by atoms with Gasteiger partial charge in [-0.05, 0) is 20.8 Å². The van der Waals surface area contributed by atoms with E-state index in [1.165, 1.54) is 0 Å². The van der Waals surface area contributed by atoms with Gasteiger partial charge in [0.1, 0.15) is 0 Å². The molecule has 0 aromatic rings. The van der Waals surface area contributed by atoms with Crippen molar-refractivity contribution in [1.29, 1.82) is 0 Å². The van der Waals surface area contributed by atoms with Crippen molar-refractivity contribution in [1.82, 2.24) is 0 Å². The van der Waals surface area contributed by atoms with Gasteiger partial charge in [-0.2, -0.15) is 0 Å². The maximum Gasteiger partial charge on any atom is 1.00 e. The van der Waals surface area contributed by atoms with Gasteiger partial charge in [0.25, 0.3) is 0 Å². The Morgan fingerprint density at radius 2 is 0.727 bits per heavy atom. The third kappa shape index (κ3) is 473. The quantitative estimate of drug-likeness (QED) is 0.355. The summed E-state index contributed by atoms with van der Waals surface area (Å²) in [6.07, 6.45) is 0. The standard InChI is InChI=1S/3C2H6O.K.H2O/c3*1-2-3;;/h3*3H,2H2,1H3;;1H2/q;;;+1;/p-1. The first kappa shape index (κ1) is 29.4. The van der Waals surface area contributed by atoms with Crippen LogP contribution in [-0.2, 0) is 0 Å². The molecule has 4 N–H and O–H groups in total. The van der Waals surface area contributed by atoms with Crippen LogP contribution < -0.4 is 51.4 Å². The Bertz CT molecular complexity index is 19.3. The summed E-state index contributed by atoms with van der Waals surface area (Å²) in [4.78, 5) is 0. The van der Waals surface area contributed by atoms with Crippen molar-refractivity contribution in [2.45, 2.75) is 20.8 Å². The second-order valence-electron chi connectivity index (χ2n) is 0.949. The van der Waals surface area contributed by atoms with Crippen LogP contribution in [0.3, 0.4) is 0 Å². The summed E-state index contributed by atoms with van der Waals surface area (Å²) in [6, 6.07) is 0. The molecular formula is C6H19KO4. The molecule has 0 unspecified atom stereocenters. The van der Waals surface area contributed by atoms with Crippen LogP contribution in [-0.4, -0.2) is 40.6 Å². The Labute approximate surface area is 111 Å². The molecule has 0 radical (unpaired) electrons. The fraction of sp³-hybridized carbons (Fsp3) is 1.00. The van der Waals surface area contributed by atoms with Crippen molar-refractivity contribution < 1.29 is 72.2 Å². The molecule has 5 heteroatoms. The second kappa shape index (κ2) is 62.9. The van der Waals surface area contributed by atoms with E-state index in [2.05, 4.69) is 0 Å². The van der Waals surface area contributed by atoms with Gasteiger partial charge in [-0.1, -0.05) is 0 Å². The van der Waals surface area contributed by atoms with Crippen molar-refractivity contribution in [2.24, 2.45) is 0 Å². The first-order valence-corrected chi connectivity index (χ1v) is 3.07. The Balaban J connectivity index is -0.0000000150. The van der Waals surface area contributed by atoms with Crippen LogP contribution in [0.1, 0.15) is 20.8 Å². The van der Waals surface area contributed by atoms with Crippen molar-refractivity contribution in [2.75, 3.05) is 19.8 Å². The minimum Gasteiger partial charge on any atom is -0.870 e. The minimum atomic E-state index is 0. The molecule has 0 atom stereocenters. The zero-order valence-electron chi connectivity index (χ0n) is 7.91. The van der Waals surface area contributed by atoms with Gasteiger partial charge in [0.15, 0.2) is 0 Å². The zero-order chi connectivity index (χ0) is 8.12. The molecule has 0 aromatic carbocycles. The fourth-order valence-corrected chi connectivity index (χ4v) is 0. The summed E-state index contributed by atoms with van der Waals surface area (Å²) in [6.45, 7) is 5.79. The molecule has 0 bridgehead atoms. The summed E-state index contributed by atoms with van der Waals surface area (Å²) in [5, 5.41) is 22.7. The minimum absolute atomic E-state index is 0. The molecule has 0 aromatic heterocycles. The van der Waals surface area contributed by atoms with Gasteiger partial charge >= 0.3 is 51.4 Å². The predicted octanol–water partition coefficient (Wildman–Crippen LogP) is -3.18. The van der Waals surface area contributed by atoms with Gasteiger partial charge in [0.2, 0.25) is 0 Å². The smallest absolute Gasteiger partial charge is 0.870 e. The summed E-state index contributed by atoms with van der Waals surface area (Å²) in [7, 11) is 0. The van der Waals surface area contributed by atoms with Crippen LogP contribution in [0.2, 0.25) is 0 Å². The largest absolute Gasteiger partial charge is 1.00 e. The molecule has 0 saturated heterocycles. The number of aliphatic hydroxyl groups excluding tert-OH is 3. The van der Waals surface area contributed by atoms with Gasteiger partial charge < -0.3 is 20.8 Å². The van der Waals surface area contributed by atoms with E-state index in [0.717, 1.165) is 0 Å². The van der Waals surface area contributed by atoms with Gasteiger partial charge in [-0.15, -0.1) is 0 Å². The van der Waals surface area contributed by atoms with Crippen molar-refractivity contribution in [3.05, 3.63) is 0 Å². The number of hydrogen-bond donors (Lipinski definition) is 3. The first-order chi connectivity index (χ1) is 4.24. The van der Waals surface area contributed by atoms with Gasteiger partial charge in [-0.25, -0.2) is 0 Å². The molecular weight excluding hydrogens is 175 g/mol. The van der Waals surface area contributed by atoms with E-state index >= 15 is 0 Å². The molecule has 0 rings (SSSR count). The van der Waals surface area contributed by atoms with Gasteiger partial charge in [0.05, 0.1) is 0 Å². The number of hydrogen-bond acceptors (Lipinski definition) is 4. The Morgan fingerprint density at radius 3 is 0.727 bits per heavy atom. The normalized spacial score (nSPS) is 4.91. The van der Waals surface area contributed by atoms with E-state index in [1.54, 1.807) is 20.8 Å². The summed E-state index contributed by atoms with van der Waals surface area (Å²) in [5.41, 5.74) is 0. The van der Waals surface area contributed by atoms with E-state index in [4.69, 9.17) is 15.3 Å². The predicted molar refractivity (Wildman–Crippen MR) is 40.2 cm³/mol. The molecule has 0 aliphatic carbocycles. The Hall–Kier alpha value is 1.48. The summed E-state index contributed by atoms with van der Waals surface area (Å²) < 4.78 is 0. The number of rotatable bonds is 0. The molecule has 0 spiro atoms. The maximum atomic E-state index is 7.57.